The second kappa shape index (κ2) is 3.27. The van der Waals surface area contributed by atoms with E-state index in [0.29, 0.717) is 0 Å². The maximum atomic E-state index is 4.54. The number of aryl methyl sites for hydroxylation is 2. The van der Waals surface area contributed by atoms with E-state index in [2.05, 4.69) is 26.3 Å². The zero-order valence-corrected chi connectivity index (χ0v) is 9.31. The molecule has 0 N–H and O–H groups in total. The first-order valence-electron chi connectivity index (χ1n) is 5.39. The van der Waals surface area contributed by atoms with Crippen molar-refractivity contribution in [1.29, 1.82) is 0 Å². The minimum absolute atomic E-state index is 0.887. The van der Waals surface area contributed by atoms with Gasteiger partial charge in [0.25, 0.3) is 0 Å². The van der Waals surface area contributed by atoms with Crippen molar-refractivity contribution in [2.45, 2.75) is 20.3 Å². The van der Waals surface area contributed by atoms with Crippen molar-refractivity contribution in [1.82, 2.24) is 19.4 Å². The molecule has 3 aromatic heterocycles. The van der Waals surface area contributed by atoms with Gasteiger partial charge in [0.2, 0.25) is 0 Å². The van der Waals surface area contributed by atoms with Crippen LogP contribution >= 0.6 is 0 Å². The molecule has 16 heavy (non-hydrogen) atoms. The normalized spacial score (nSPS) is 11.4. The number of rotatable bonds is 1. The summed E-state index contributed by atoms with van der Waals surface area (Å²) in [6, 6.07) is 3.87. The third-order valence-electron chi connectivity index (χ3n) is 2.79. The lowest BCUT2D eigenvalue weighted by atomic mass is 10.3. The molecule has 0 fully saturated rings. The maximum Gasteiger partial charge on any atom is 0.164 e. The van der Waals surface area contributed by atoms with Gasteiger partial charge in [-0.3, -0.25) is 9.38 Å². The van der Waals surface area contributed by atoms with Crippen LogP contribution < -0.4 is 0 Å². The van der Waals surface area contributed by atoms with Crippen molar-refractivity contribution in [3.05, 3.63) is 36.0 Å². The van der Waals surface area contributed by atoms with E-state index in [-0.39, 0.29) is 0 Å². The molecule has 0 saturated carbocycles. The Kier molecular flexibility index (Phi) is 1.89. The summed E-state index contributed by atoms with van der Waals surface area (Å²) in [5, 5.41) is 0. The molecule has 0 aliphatic rings. The molecule has 0 amide bonds. The van der Waals surface area contributed by atoms with Gasteiger partial charge in [-0.15, -0.1) is 0 Å². The predicted molar refractivity (Wildman–Crippen MR) is 62.4 cm³/mol. The number of fused-ring (bicyclic) bond motifs is 3. The van der Waals surface area contributed by atoms with Crippen molar-refractivity contribution in [3.8, 4) is 0 Å². The Morgan fingerprint density at radius 1 is 1.31 bits per heavy atom. The van der Waals surface area contributed by atoms with Crippen molar-refractivity contribution in [2.75, 3.05) is 0 Å². The average molecular weight is 212 g/mol. The Morgan fingerprint density at radius 3 is 3.00 bits per heavy atom. The highest BCUT2D eigenvalue weighted by Crippen LogP contribution is 2.17. The first-order valence-corrected chi connectivity index (χ1v) is 5.39. The molecular weight excluding hydrogens is 200 g/mol. The van der Waals surface area contributed by atoms with Crippen molar-refractivity contribution < 1.29 is 0 Å². The lowest BCUT2D eigenvalue weighted by Crippen LogP contribution is -1.97. The van der Waals surface area contributed by atoms with Crippen LogP contribution in [0.15, 0.2) is 24.5 Å². The zero-order valence-electron chi connectivity index (χ0n) is 9.31. The van der Waals surface area contributed by atoms with Gasteiger partial charge in [-0.05, 0) is 19.1 Å². The Labute approximate surface area is 93.0 Å². The Balaban J connectivity index is 2.58. The van der Waals surface area contributed by atoms with E-state index in [1.807, 2.05) is 25.3 Å². The minimum Gasteiger partial charge on any atom is -0.277 e. The van der Waals surface area contributed by atoms with Crippen LogP contribution in [0.25, 0.3) is 16.7 Å². The van der Waals surface area contributed by atoms with E-state index in [1.165, 1.54) is 0 Å². The smallest absolute Gasteiger partial charge is 0.164 e. The van der Waals surface area contributed by atoms with Crippen LogP contribution in [0, 0.1) is 6.92 Å². The second-order valence-corrected chi connectivity index (χ2v) is 3.79. The van der Waals surface area contributed by atoms with Gasteiger partial charge in [0.15, 0.2) is 5.65 Å². The van der Waals surface area contributed by atoms with Gasteiger partial charge in [0.1, 0.15) is 11.3 Å². The number of nitrogens with zero attached hydrogens (tertiary/aromatic N) is 4. The van der Waals surface area contributed by atoms with Gasteiger partial charge in [0, 0.05) is 12.6 Å². The molecule has 0 aromatic carbocycles. The van der Waals surface area contributed by atoms with Gasteiger partial charge < -0.3 is 0 Å². The van der Waals surface area contributed by atoms with Gasteiger partial charge in [-0.2, -0.15) is 0 Å². The molecule has 0 saturated heterocycles. The van der Waals surface area contributed by atoms with E-state index in [0.717, 1.165) is 34.6 Å². The van der Waals surface area contributed by atoms with Gasteiger partial charge in [-0.1, -0.05) is 6.92 Å². The second-order valence-electron chi connectivity index (χ2n) is 3.79. The third-order valence-corrected chi connectivity index (χ3v) is 2.79. The maximum absolute atomic E-state index is 4.54. The van der Waals surface area contributed by atoms with E-state index in [1.54, 1.807) is 6.20 Å². The molecule has 0 unspecified atom stereocenters. The summed E-state index contributed by atoms with van der Waals surface area (Å²) in [5.41, 5.74) is 3.85. The molecule has 4 nitrogen and oxygen atoms in total. The van der Waals surface area contributed by atoms with E-state index in [9.17, 15) is 0 Å². The highest BCUT2D eigenvalue weighted by Gasteiger charge is 2.10. The van der Waals surface area contributed by atoms with Gasteiger partial charge >= 0.3 is 0 Å². The van der Waals surface area contributed by atoms with E-state index < -0.39 is 0 Å². The van der Waals surface area contributed by atoms with Crippen LogP contribution in [0.4, 0.5) is 0 Å². The highest BCUT2D eigenvalue weighted by atomic mass is 15.1. The molecule has 0 atom stereocenters. The molecule has 0 aliphatic heterocycles. The van der Waals surface area contributed by atoms with Crippen LogP contribution in [-0.4, -0.2) is 19.4 Å². The molecule has 3 rings (SSSR count). The summed E-state index contributed by atoms with van der Waals surface area (Å²) in [6.45, 7) is 4.11. The van der Waals surface area contributed by atoms with Crippen LogP contribution in [0.3, 0.4) is 0 Å². The summed E-state index contributed by atoms with van der Waals surface area (Å²) in [7, 11) is 0. The number of hydrogen-bond donors (Lipinski definition) is 0. The van der Waals surface area contributed by atoms with Gasteiger partial charge in [-0.25, -0.2) is 9.97 Å². The molecule has 3 aromatic rings. The molecule has 0 radical (unpaired) electrons. The minimum atomic E-state index is 0.887. The predicted octanol–water partition coefficient (Wildman–Crippen LogP) is 2.15. The van der Waals surface area contributed by atoms with Crippen LogP contribution in [0.1, 0.15) is 18.4 Å². The largest absolute Gasteiger partial charge is 0.277 e. The van der Waals surface area contributed by atoms with Crippen molar-refractivity contribution in [3.63, 3.8) is 0 Å². The lowest BCUT2D eigenvalue weighted by molar-refractivity contribution is 0.936. The van der Waals surface area contributed by atoms with Crippen molar-refractivity contribution in [2.24, 2.45) is 0 Å². The third kappa shape index (κ3) is 1.13. The fourth-order valence-electron chi connectivity index (χ4n) is 2.02. The quantitative estimate of drug-likeness (QED) is 0.620. The topological polar surface area (TPSA) is 43.1 Å². The average Bonchev–Trinajstić information content (AvgIpc) is 2.66. The summed E-state index contributed by atoms with van der Waals surface area (Å²) in [6.07, 6.45) is 4.55. The Bertz CT molecular complexity index is 669. The SMILES string of the molecule is CCc1nc(C)c2cnc3cccnc3n12. The summed E-state index contributed by atoms with van der Waals surface area (Å²) < 4.78 is 2.09. The first-order chi connectivity index (χ1) is 7.81. The fourth-order valence-corrected chi connectivity index (χ4v) is 2.02. The van der Waals surface area contributed by atoms with Crippen LogP contribution in [0.2, 0.25) is 0 Å². The highest BCUT2D eigenvalue weighted by molar-refractivity contribution is 5.75. The summed E-state index contributed by atoms with van der Waals surface area (Å²) in [4.78, 5) is 13.3. The molecule has 3 heterocycles. The zero-order chi connectivity index (χ0) is 11.1. The van der Waals surface area contributed by atoms with Gasteiger partial charge in [0.05, 0.1) is 17.4 Å². The molecule has 80 valence electrons. The Morgan fingerprint density at radius 2 is 2.19 bits per heavy atom. The van der Waals surface area contributed by atoms with E-state index in [4.69, 9.17) is 0 Å². The van der Waals surface area contributed by atoms with Crippen LogP contribution in [-0.2, 0) is 6.42 Å². The van der Waals surface area contributed by atoms with Crippen molar-refractivity contribution >= 4 is 16.7 Å². The fraction of sp³-hybridized carbons (Fsp3) is 0.250. The summed E-state index contributed by atoms with van der Waals surface area (Å²) in [5.74, 6) is 1.04. The first kappa shape index (κ1) is 9.27. The lowest BCUT2D eigenvalue weighted by Gasteiger charge is -2.02. The number of aromatic nitrogens is 4. The number of hydrogen-bond acceptors (Lipinski definition) is 3. The number of imidazole rings is 1. The molecule has 0 spiro atoms. The Hall–Kier alpha value is -1.97. The molecular formula is C12H12N4. The standard InChI is InChI=1S/C12H12N4/c1-3-11-15-8(2)10-7-14-9-5-4-6-13-12(9)16(10)11/h4-7H,3H2,1-2H3. The molecule has 0 aliphatic carbocycles. The number of pyridine rings is 1. The monoisotopic (exact) mass is 212 g/mol. The van der Waals surface area contributed by atoms with Crippen LogP contribution in [0.5, 0.6) is 0 Å². The summed E-state index contributed by atoms with van der Waals surface area (Å²) >= 11 is 0. The molecule has 4 heteroatoms. The molecule has 0 bridgehead atoms. The van der Waals surface area contributed by atoms with E-state index >= 15 is 0 Å².